The maximum atomic E-state index is 12.6. The molecule has 130 valence electrons. The quantitative estimate of drug-likeness (QED) is 0.790. The predicted octanol–water partition coefficient (Wildman–Crippen LogP) is 1.18. The Morgan fingerprint density at radius 1 is 0.957 bits per heavy atom. The van der Waals surface area contributed by atoms with Gasteiger partial charge in [0, 0.05) is 26.2 Å². The van der Waals surface area contributed by atoms with E-state index in [-0.39, 0.29) is 24.6 Å². The van der Waals surface area contributed by atoms with Crippen LogP contribution in [0.1, 0.15) is 24.5 Å². The number of hydrogen-bond acceptors (Lipinski definition) is 4. The molecule has 0 radical (unpaired) electrons. The van der Waals surface area contributed by atoms with E-state index < -0.39 is 20.0 Å². The van der Waals surface area contributed by atoms with E-state index in [9.17, 15) is 16.8 Å². The highest BCUT2D eigenvalue weighted by Gasteiger charge is 2.29. The lowest BCUT2D eigenvalue weighted by Crippen LogP contribution is -2.38. The van der Waals surface area contributed by atoms with Crippen LogP contribution in [-0.4, -0.2) is 57.4 Å². The van der Waals surface area contributed by atoms with Crippen molar-refractivity contribution in [3.05, 3.63) is 35.4 Å². The second kappa shape index (κ2) is 7.29. The fourth-order valence-corrected chi connectivity index (χ4v) is 5.40. The van der Waals surface area contributed by atoms with Gasteiger partial charge in [0.2, 0.25) is 20.0 Å². The number of benzene rings is 1. The van der Waals surface area contributed by atoms with Gasteiger partial charge < -0.3 is 0 Å². The molecule has 1 aliphatic rings. The van der Waals surface area contributed by atoms with E-state index >= 15 is 0 Å². The predicted molar refractivity (Wildman–Crippen MR) is 91.0 cm³/mol. The van der Waals surface area contributed by atoms with Crippen molar-refractivity contribution in [2.24, 2.45) is 0 Å². The number of rotatable bonds is 5. The number of sulfonamides is 2. The van der Waals surface area contributed by atoms with Crippen molar-refractivity contribution in [1.29, 1.82) is 0 Å². The molecule has 0 N–H and O–H groups in total. The van der Waals surface area contributed by atoms with E-state index in [0.29, 0.717) is 19.5 Å². The van der Waals surface area contributed by atoms with Gasteiger partial charge in [0.15, 0.2) is 0 Å². The summed E-state index contributed by atoms with van der Waals surface area (Å²) in [5.74, 6) is -0.00174. The van der Waals surface area contributed by atoms with Crippen LogP contribution in [0.5, 0.6) is 0 Å². The smallest absolute Gasteiger partial charge is 0.212 e. The third kappa shape index (κ3) is 4.76. The Kier molecular flexibility index (Phi) is 5.83. The zero-order valence-corrected chi connectivity index (χ0v) is 15.2. The van der Waals surface area contributed by atoms with Crippen molar-refractivity contribution in [2.75, 3.05) is 31.9 Å². The fraction of sp³-hybridized carbons (Fsp3) is 0.600. The third-order valence-electron chi connectivity index (χ3n) is 4.00. The molecule has 1 aromatic rings. The molecule has 1 heterocycles. The molecule has 1 saturated heterocycles. The lowest BCUT2D eigenvalue weighted by atomic mass is 10.2. The van der Waals surface area contributed by atoms with Crippen LogP contribution in [0.25, 0.3) is 0 Å². The molecule has 1 fully saturated rings. The van der Waals surface area contributed by atoms with E-state index in [1.807, 2.05) is 25.1 Å². The highest BCUT2D eigenvalue weighted by Crippen LogP contribution is 2.16. The Hall–Kier alpha value is -0.960. The third-order valence-corrected chi connectivity index (χ3v) is 7.73. The first kappa shape index (κ1) is 18.4. The average Bonchev–Trinajstić information content (AvgIpc) is 2.73. The van der Waals surface area contributed by atoms with Gasteiger partial charge in [-0.2, -0.15) is 0 Å². The lowest BCUT2D eigenvalue weighted by molar-refractivity contribution is 0.404. The molecular formula is C15H24N2O4S2. The van der Waals surface area contributed by atoms with Gasteiger partial charge in [-0.3, -0.25) is 0 Å². The minimum absolute atomic E-state index is 0.0447. The zero-order valence-electron chi connectivity index (χ0n) is 13.6. The number of hydrogen-bond donors (Lipinski definition) is 0. The summed E-state index contributed by atoms with van der Waals surface area (Å²) in [4.78, 5) is 0. The second-order valence-electron chi connectivity index (χ2n) is 5.80. The minimum Gasteiger partial charge on any atom is -0.212 e. The Labute approximate surface area is 139 Å². The summed E-state index contributed by atoms with van der Waals surface area (Å²) in [6.07, 6.45) is 0.520. The van der Waals surface area contributed by atoms with Gasteiger partial charge in [0.1, 0.15) is 0 Å². The summed E-state index contributed by atoms with van der Waals surface area (Å²) in [7, 11) is -6.71. The van der Waals surface area contributed by atoms with Gasteiger partial charge in [-0.1, -0.05) is 29.8 Å². The highest BCUT2D eigenvalue weighted by atomic mass is 32.2. The maximum absolute atomic E-state index is 12.6. The van der Waals surface area contributed by atoms with Crippen LogP contribution < -0.4 is 0 Å². The standard InChI is InChI=1S/C15H24N2O4S2/c1-3-22(18,19)16-8-5-9-17(11-10-16)23(20,21)13-15-7-4-6-14(2)12-15/h4,6-7,12H,3,5,8-11,13H2,1-2H3. The molecule has 6 nitrogen and oxygen atoms in total. The Morgan fingerprint density at radius 3 is 2.13 bits per heavy atom. The van der Waals surface area contributed by atoms with Crippen molar-refractivity contribution in [3.63, 3.8) is 0 Å². The molecule has 0 bridgehead atoms. The van der Waals surface area contributed by atoms with Crippen molar-refractivity contribution in [1.82, 2.24) is 8.61 Å². The number of aryl methyl sites for hydroxylation is 1. The van der Waals surface area contributed by atoms with Gasteiger partial charge in [-0.15, -0.1) is 0 Å². The first-order chi connectivity index (χ1) is 10.7. The molecule has 0 unspecified atom stereocenters. The van der Waals surface area contributed by atoms with E-state index in [1.54, 1.807) is 13.0 Å². The summed E-state index contributed by atoms with van der Waals surface area (Å²) < 4.78 is 51.9. The molecular weight excluding hydrogens is 336 g/mol. The summed E-state index contributed by atoms with van der Waals surface area (Å²) in [5.41, 5.74) is 1.78. The molecule has 1 aliphatic heterocycles. The zero-order chi connectivity index (χ0) is 17.1. The van der Waals surface area contributed by atoms with E-state index in [2.05, 4.69) is 0 Å². The molecule has 1 aromatic carbocycles. The van der Waals surface area contributed by atoms with Crippen molar-refractivity contribution in [2.45, 2.75) is 26.0 Å². The molecule has 0 atom stereocenters. The van der Waals surface area contributed by atoms with Gasteiger partial charge in [0.05, 0.1) is 11.5 Å². The largest absolute Gasteiger partial charge is 0.218 e. The van der Waals surface area contributed by atoms with Crippen LogP contribution in [0.4, 0.5) is 0 Å². The second-order valence-corrected chi connectivity index (χ2v) is 10.0. The summed E-state index contributed by atoms with van der Waals surface area (Å²) in [5, 5.41) is 0. The number of nitrogens with zero attached hydrogens (tertiary/aromatic N) is 2. The fourth-order valence-electron chi connectivity index (χ4n) is 2.71. The molecule has 0 aliphatic carbocycles. The van der Waals surface area contributed by atoms with Gasteiger partial charge in [0.25, 0.3) is 0 Å². The van der Waals surface area contributed by atoms with E-state index in [4.69, 9.17) is 0 Å². The van der Waals surface area contributed by atoms with Crippen LogP contribution >= 0.6 is 0 Å². The minimum atomic E-state index is -3.44. The van der Waals surface area contributed by atoms with Crippen LogP contribution in [0.15, 0.2) is 24.3 Å². The molecule has 2 rings (SSSR count). The summed E-state index contributed by atoms with van der Waals surface area (Å²) in [6.45, 7) is 4.72. The van der Waals surface area contributed by atoms with Crippen molar-refractivity contribution in [3.8, 4) is 0 Å². The topological polar surface area (TPSA) is 74.8 Å². The van der Waals surface area contributed by atoms with E-state index in [0.717, 1.165) is 11.1 Å². The van der Waals surface area contributed by atoms with Crippen LogP contribution in [0, 0.1) is 6.92 Å². The molecule has 0 spiro atoms. The van der Waals surface area contributed by atoms with Crippen LogP contribution in [-0.2, 0) is 25.8 Å². The SMILES string of the molecule is CCS(=O)(=O)N1CCCN(S(=O)(=O)Cc2cccc(C)c2)CC1. The van der Waals surface area contributed by atoms with Gasteiger partial charge in [-0.05, 0) is 25.8 Å². The van der Waals surface area contributed by atoms with Gasteiger partial charge >= 0.3 is 0 Å². The molecule has 8 heteroatoms. The Balaban J connectivity index is 2.09. The molecule has 0 saturated carbocycles. The molecule has 0 amide bonds. The maximum Gasteiger partial charge on any atom is 0.218 e. The van der Waals surface area contributed by atoms with Crippen molar-refractivity contribution >= 4 is 20.0 Å². The lowest BCUT2D eigenvalue weighted by Gasteiger charge is -2.21. The van der Waals surface area contributed by atoms with Crippen LogP contribution in [0.3, 0.4) is 0 Å². The first-order valence-corrected chi connectivity index (χ1v) is 11.0. The summed E-state index contributed by atoms with van der Waals surface area (Å²) >= 11 is 0. The highest BCUT2D eigenvalue weighted by molar-refractivity contribution is 7.89. The van der Waals surface area contributed by atoms with Crippen LogP contribution in [0.2, 0.25) is 0 Å². The monoisotopic (exact) mass is 360 g/mol. The average molecular weight is 361 g/mol. The van der Waals surface area contributed by atoms with E-state index in [1.165, 1.54) is 8.61 Å². The molecule has 0 aromatic heterocycles. The van der Waals surface area contributed by atoms with Crippen molar-refractivity contribution < 1.29 is 16.8 Å². The summed E-state index contributed by atoms with van der Waals surface area (Å²) in [6, 6.07) is 7.44. The Morgan fingerprint density at radius 2 is 1.57 bits per heavy atom. The van der Waals surface area contributed by atoms with Gasteiger partial charge in [-0.25, -0.2) is 25.4 Å². The molecule has 23 heavy (non-hydrogen) atoms. The normalized spacial score (nSPS) is 18.7. The Bertz CT molecular complexity index is 744. The first-order valence-electron chi connectivity index (χ1n) is 7.76.